The van der Waals surface area contributed by atoms with Crippen molar-refractivity contribution in [3.8, 4) is 22.8 Å². The lowest BCUT2D eigenvalue weighted by Gasteiger charge is -2.18. The maximum atomic E-state index is 8.98. The van der Waals surface area contributed by atoms with Crippen molar-refractivity contribution in [1.29, 1.82) is 0 Å². The molecule has 2 heterocycles. The minimum absolute atomic E-state index is 0.132. The highest BCUT2D eigenvalue weighted by Crippen LogP contribution is 2.36. The number of thiazole rings is 1. The van der Waals surface area contributed by atoms with Crippen LogP contribution >= 0.6 is 11.3 Å². The number of hydrogen-bond donors (Lipinski definition) is 1. The molecule has 1 aliphatic rings. The van der Waals surface area contributed by atoms with E-state index >= 15 is 0 Å². The molecule has 0 atom stereocenters. The third-order valence-corrected chi connectivity index (χ3v) is 4.01. The average molecular weight is 277 g/mol. The van der Waals surface area contributed by atoms with E-state index in [0.29, 0.717) is 19.6 Å². The van der Waals surface area contributed by atoms with Crippen LogP contribution in [-0.4, -0.2) is 29.9 Å². The molecule has 0 aliphatic carbocycles. The molecule has 1 aromatic heterocycles. The molecule has 2 aromatic rings. The maximum Gasteiger partial charge on any atom is 0.162 e. The Labute approximate surface area is 115 Å². The topological polar surface area (TPSA) is 51.6 Å². The van der Waals surface area contributed by atoms with Crippen LogP contribution in [0.2, 0.25) is 0 Å². The van der Waals surface area contributed by atoms with E-state index in [1.165, 1.54) is 0 Å². The molecule has 1 aliphatic heterocycles. The van der Waals surface area contributed by atoms with E-state index in [0.717, 1.165) is 32.6 Å². The zero-order chi connectivity index (χ0) is 13.2. The first-order chi connectivity index (χ1) is 9.28. The fourth-order valence-electron chi connectivity index (χ4n) is 2.11. The smallest absolute Gasteiger partial charge is 0.162 e. The first kappa shape index (κ1) is 12.4. The SMILES string of the molecule is Cc1sc(CCO)nc1-c1ccc2c(c1)OCCO2. The van der Waals surface area contributed by atoms with Crippen molar-refractivity contribution in [2.24, 2.45) is 0 Å². The molecule has 4 nitrogen and oxygen atoms in total. The summed E-state index contributed by atoms with van der Waals surface area (Å²) in [5, 5.41) is 9.94. The number of aliphatic hydroxyl groups is 1. The zero-order valence-electron chi connectivity index (χ0n) is 10.7. The number of fused-ring (bicyclic) bond motifs is 1. The van der Waals surface area contributed by atoms with Gasteiger partial charge in [-0.3, -0.25) is 0 Å². The summed E-state index contributed by atoms with van der Waals surface area (Å²) in [4.78, 5) is 5.73. The van der Waals surface area contributed by atoms with Crippen LogP contribution in [0, 0.1) is 6.92 Å². The van der Waals surface area contributed by atoms with Crippen molar-refractivity contribution in [3.63, 3.8) is 0 Å². The predicted molar refractivity (Wildman–Crippen MR) is 74.1 cm³/mol. The van der Waals surface area contributed by atoms with Gasteiger partial charge >= 0.3 is 0 Å². The predicted octanol–water partition coefficient (Wildman–Crippen LogP) is 2.42. The Hall–Kier alpha value is -1.59. The number of rotatable bonds is 3. The molecule has 5 heteroatoms. The number of hydrogen-bond acceptors (Lipinski definition) is 5. The fourth-order valence-corrected chi connectivity index (χ4v) is 3.06. The standard InChI is InChI=1S/C14H15NO3S/c1-9-14(15-13(19-9)4-5-16)10-2-3-11-12(8-10)18-7-6-17-11/h2-3,8,16H,4-7H2,1H3. The largest absolute Gasteiger partial charge is 0.486 e. The van der Waals surface area contributed by atoms with Crippen molar-refractivity contribution >= 4 is 11.3 Å². The molecule has 3 rings (SSSR count). The van der Waals surface area contributed by atoms with Gasteiger partial charge in [-0.2, -0.15) is 0 Å². The van der Waals surface area contributed by atoms with Gasteiger partial charge in [-0.25, -0.2) is 4.98 Å². The second-order valence-electron chi connectivity index (χ2n) is 4.34. The molecule has 0 amide bonds. The van der Waals surface area contributed by atoms with Gasteiger partial charge in [-0.05, 0) is 25.1 Å². The van der Waals surface area contributed by atoms with Gasteiger partial charge in [0.25, 0.3) is 0 Å². The number of nitrogens with zero attached hydrogens (tertiary/aromatic N) is 1. The fraction of sp³-hybridized carbons (Fsp3) is 0.357. The Bertz CT molecular complexity index is 594. The van der Waals surface area contributed by atoms with Gasteiger partial charge < -0.3 is 14.6 Å². The molecule has 0 radical (unpaired) electrons. The summed E-state index contributed by atoms with van der Waals surface area (Å²) in [6.07, 6.45) is 0.607. The first-order valence-electron chi connectivity index (χ1n) is 6.25. The number of benzene rings is 1. The van der Waals surface area contributed by atoms with Crippen molar-refractivity contribution in [2.75, 3.05) is 19.8 Å². The summed E-state index contributed by atoms with van der Waals surface area (Å²) in [6, 6.07) is 5.89. The third-order valence-electron chi connectivity index (χ3n) is 2.98. The Morgan fingerprint density at radius 3 is 2.84 bits per heavy atom. The van der Waals surface area contributed by atoms with Gasteiger partial charge in [0.05, 0.1) is 10.7 Å². The molecule has 0 saturated heterocycles. The van der Waals surface area contributed by atoms with Crippen LogP contribution in [0.25, 0.3) is 11.3 Å². The van der Waals surface area contributed by atoms with Crippen LogP contribution in [0.4, 0.5) is 0 Å². The highest BCUT2D eigenvalue weighted by Gasteiger charge is 2.15. The lowest BCUT2D eigenvalue weighted by Crippen LogP contribution is -2.15. The van der Waals surface area contributed by atoms with E-state index < -0.39 is 0 Å². The van der Waals surface area contributed by atoms with Gasteiger partial charge in [0, 0.05) is 23.5 Å². The minimum Gasteiger partial charge on any atom is -0.486 e. The lowest BCUT2D eigenvalue weighted by molar-refractivity contribution is 0.171. The minimum atomic E-state index is 0.132. The van der Waals surface area contributed by atoms with Gasteiger partial charge in [0.1, 0.15) is 13.2 Å². The Morgan fingerprint density at radius 1 is 1.26 bits per heavy atom. The van der Waals surface area contributed by atoms with Crippen LogP contribution in [-0.2, 0) is 6.42 Å². The lowest BCUT2D eigenvalue weighted by atomic mass is 10.1. The summed E-state index contributed by atoms with van der Waals surface area (Å²) in [5.74, 6) is 1.57. The van der Waals surface area contributed by atoms with E-state index in [9.17, 15) is 0 Å². The number of aryl methyl sites for hydroxylation is 1. The molecule has 19 heavy (non-hydrogen) atoms. The van der Waals surface area contributed by atoms with Crippen LogP contribution in [0.3, 0.4) is 0 Å². The summed E-state index contributed by atoms with van der Waals surface area (Å²) < 4.78 is 11.1. The van der Waals surface area contributed by atoms with Crippen molar-refractivity contribution < 1.29 is 14.6 Å². The molecule has 100 valence electrons. The van der Waals surface area contributed by atoms with Crippen LogP contribution in [0.15, 0.2) is 18.2 Å². The summed E-state index contributed by atoms with van der Waals surface area (Å²) in [7, 11) is 0. The highest BCUT2D eigenvalue weighted by molar-refractivity contribution is 7.12. The normalized spacial score (nSPS) is 13.6. The average Bonchev–Trinajstić information content (AvgIpc) is 2.79. The van der Waals surface area contributed by atoms with Gasteiger partial charge in [0.15, 0.2) is 11.5 Å². The van der Waals surface area contributed by atoms with Crippen LogP contribution in [0.5, 0.6) is 11.5 Å². The highest BCUT2D eigenvalue weighted by atomic mass is 32.1. The Kier molecular flexibility index (Phi) is 3.40. The Morgan fingerprint density at radius 2 is 2.05 bits per heavy atom. The van der Waals surface area contributed by atoms with Gasteiger partial charge in [-0.1, -0.05) is 0 Å². The van der Waals surface area contributed by atoms with Gasteiger partial charge in [0.2, 0.25) is 0 Å². The maximum absolute atomic E-state index is 8.98. The zero-order valence-corrected chi connectivity index (χ0v) is 11.5. The second kappa shape index (κ2) is 5.19. The molecule has 1 aromatic carbocycles. The molecule has 0 bridgehead atoms. The quantitative estimate of drug-likeness (QED) is 0.936. The van der Waals surface area contributed by atoms with Crippen LogP contribution in [0.1, 0.15) is 9.88 Å². The van der Waals surface area contributed by atoms with Crippen molar-refractivity contribution in [2.45, 2.75) is 13.3 Å². The first-order valence-corrected chi connectivity index (χ1v) is 7.07. The van der Waals surface area contributed by atoms with E-state index in [-0.39, 0.29) is 6.61 Å². The summed E-state index contributed by atoms with van der Waals surface area (Å²) in [5.41, 5.74) is 1.99. The number of aromatic nitrogens is 1. The molecular formula is C14H15NO3S. The molecular weight excluding hydrogens is 262 g/mol. The van der Waals surface area contributed by atoms with Crippen molar-refractivity contribution in [1.82, 2.24) is 4.98 Å². The molecule has 0 fully saturated rings. The van der Waals surface area contributed by atoms with E-state index in [2.05, 4.69) is 4.98 Å². The van der Waals surface area contributed by atoms with E-state index in [1.54, 1.807) is 11.3 Å². The summed E-state index contributed by atoms with van der Waals surface area (Å²) >= 11 is 1.63. The molecule has 0 spiro atoms. The number of aliphatic hydroxyl groups excluding tert-OH is 1. The third kappa shape index (κ3) is 2.43. The molecule has 0 unspecified atom stereocenters. The van der Waals surface area contributed by atoms with Gasteiger partial charge in [-0.15, -0.1) is 11.3 Å². The second-order valence-corrected chi connectivity index (χ2v) is 5.63. The Balaban J connectivity index is 1.97. The molecule has 1 N–H and O–H groups in total. The number of ether oxygens (including phenoxy) is 2. The summed E-state index contributed by atoms with van der Waals surface area (Å²) in [6.45, 7) is 3.36. The van der Waals surface area contributed by atoms with Crippen LogP contribution < -0.4 is 9.47 Å². The monoisotopic (exact) mass is 277 g/mol. The van der Waals surface area contributed by atoms with E-state index in [4.69, 9.17) is 14.6 Å². The van der Waals surface area contributed by atoms with E-state index in [1.807, 2.05) is 25.1 Å². The van der Waals surface area contributed by atoms with Crippen molar-refractivity contribution in [3.05, 3.63) is 28.1 Å². The molecule has 0 saturated carbocycles.